The van der Waals surface area contributed by atoms with Crippen LogP contribution in [0.2, 0.25) is 10.0 Å². The van der Waals surface area contributed by atoms with Crippen molar-refractivity contribution < 1.29 is 4.79 Å². The normalized spacial score (nSPS) is 16.5. The van der Waals surface area contributed by atoms with Gasteiger partial charge in [-0.2, -0.15) is 0 Å². The highest BCUT2D eigenvalue weighted by molar-refractivity contribution is 8.18. The maximum Gasteiger partial charge on any atom is 0.264 e. The summed E-state index contributed by atoms with van der Waals surface area (Å²) in [7, 11) is 0. The zero-order valence-corrected chi connectivity index (χ0v) is 19.0. The van der Waals surface area contributed by atoms with Crippen molar-refractivity contribution in [1.29, 1.82) is 0 Å². The van der Waals surface area contributed by atoms with E-state index in [9.17, 15) is 4.79 Å². The van der Waals surface area contributed by atoms with Crippen LogP contribution in [-0.4, -0.2) is 15.6 Å². The van der Waals surface area contributed by atoms with Crippen molar-refractivity contribution in [2.24, 2.45) is 4.99 Å². The zero-order valence-electron chi connectivity index (χ0n) is 16.7. The number of thioether (sulfide) groups is 1. The molecule has 2 heterocycles. The summed E-state index contributed by atoms with van der Waals surface area (Å²) in [6, 6.07) is 15.3. The molecule has 1 fully saturated rings. The van der Waals surface area contributed by atoms with Crippen molar-refractivity contribution in [3.8, 4) is 5.69 Å². The Hall–Kier alpha value is -2.47. The summed E-state index contributed by atoms with van der Waals surface area (Å²) in [6.07, 6.45) is 1.90. The molecule has 152 valence electrons. The molecule has 0 atom stereocenters. The lowest BCUT2D eigenvalue weighted by molar-refractivity contribution is -0.115. The summed E-state index contributed by atoms with van der Waals surface area (Å²) in [5.41, 5.74) is 5.68. The molecule has 0 bridgehead atoms. The first-order valence-electron chi connectivity index (χ1n) is 9.33. The van der Waals surface area contributed by atoms with Gasteiger partial charge in [-0.1, -0.05) is 35.3 Å². The van der Waals surface area contributed by atoms with Gasteiger partial charge in [0.05, 0.1) is 10.6 Å². The van der Waals surface area contributed by atoms with E-state index in [4.69, 9.17) is 23.2 Å². The monoisotopic (exact) mass is 455 g/mol. The Morgan fingerprint density at radius 2 is 1.83 bits per heavy atom. The topological polar surface area (TPSA) is 46.4 Å². The lowest BCUT2D eigenvalue weighted by atomic mass is 10.2. The molecule has 1 amide bonds. The summed E-state index contributed by atoms with van der Waals surface area (Å²) >= 11 is 13.7. The molecule has 7 heteroatoms. The average Bonchev–Trinajstić information content (AvgIpc) is 3.17. The second kappa shape index (κ2) is 8.34. The lowest BCUT2D eigenvalue weighted by Gasteiger charge is -2.09. The first-order valence-corrected chi connectivity index (χ1v) is 10.9. The Labute approximate surface area is 189 Å². The van der Waals surface area contributed by atoms with Crippen LogP contribution in [-0.2, 0) is 4.79 Å². The summed E-state index contributed by atoms with van der Waals surface area (Å²) in [4.78, 5) is 17.7. The van der Waals surface area contributed by atoms with Crippen molar-refractivity contribution >= 4 is 57.8 Å². The quantitative estimate of drug-likeness (QED) is 0.452. The summed E-state index contributed by atoms with van der Waals surface area (Å²) in [5.74, 6) is -0.161. The number of benzene rings is 2. The van der Waals surface area contributed by atoms with Crippen molar-refractivity contribution in [3.05, 3.63) is 86.0 Å². The van der Waals surface area contributed by atoms with Gasteiger partial charge < -0.3 is 9.88 Å². The number of nitrogens with one attached hydrogen (secondary N) is 1. The average molecular weight is 456 g/mol. The molecule has 0 aliphatic carbocycles. The van der Waals surface area contributed by atoms with Gasteiger partial charge >= 0.3 is 0 Å². The van der Waals surface area contributed by atoms with Gasteiger partial charge in [0.1, 0.15) is 0 Å². The molecule has 0 unspecified atom stereocenters. The number of carbonyl (C=O) groups is 1. The molecule has 1 aromatic heterocycles. The molecule has 30 heavy (non-hydrogen) atoms. The Balaban J connectivity index is 1.66. The van der Waals surface area contributed by atoms with E-state index in [1.54, 1.807) is 0 Å². The number of carbonyl (C=O) groups excluding carboxylic acids is 1. The predicted octanol–water partition coefficient (Wildman–Crippen LogP) is 6.60. The Bertz CT molecular complexity index is 1230. The molecule has 0 spiro atoms. The number of aliphatic imine (C=N–C) groups is 1. The molecule has 1 saturated heterocycles. The van der Waals surface area contributed by atoms with E-state index in [0.717, 1.165) is 33.9 Å². The molecule has 2 aromatic carbocycles. The van der Waals surface area contributed by atoms with Crippen LogP contribution in [0.25, 0.3) is 11.8 Å². The molecule has 0 radical (unpaired) electrons. The fourth-order valence-electron chi connectivity index (χ4n) is 3.39. The summed E-state index contributed by atoms with van der Waals surface area (Å²) in [6.45, 7) is 5.97. The minimum Gasteiger partial charge on any atom is -0.318 e. The Kier molecular flexibility index (Phi) is 5.78. The van der Waals surface area contributed by atoms with Crippen LogP contribution in [0.3, 0.4) is 0 Å². The first kappa shape index (κ1) is 20.8. The maximum atomic E-state index is 12.5. The first-order chi connectivity index (χ1) is 14.3. The molecule has 1 N–H and O–H groups in total. The third kappa shape index (κ3) is 4.06. The number of nitrogens with zero attached hydrogens (tertiary/aromatic N) is 2. The SMILES string of the molecule is Cc1c(Cl)cccc1N=C1NC(=O)/C(=C/c2cc(C)n(-c3cccc(Cl)c3)c2C)S1. The highest BCUT2D eigenvalue weighted by Crippen LogP contribution is 2.32. The Morgan fingerprint density at radius 1 is 1.07 bits per heavy atom. The van der Waals surface area contributed by atoms with E-state index in [2.05, 4.69) is 20.9 Å². The standard InChI is InChI=1S/C23H19Cl2N3OS/c1-13-10-16(15(3)28(13)18-7-4-6-17(24)12-18)11-21-22(29)27-23(30-21)26-20-9-5-8-19(25)14(20)2/h4-12H,1-3H3,(H,26,27,29)/b21-11-. The molecule has 3 aromatic rings. The number of aryl methyl sites for hydroxylation is 1. The van der Waals surface area contributed by atoms with Gasteiger partial charge in [0.2, 0.25) is 0 Å². The van der Waals surface area contributed by atoms with Crippen molar-refractivity contribution in [2.75, 3.05) is 0 Å². The number of hydrogen-bond donors (Lipinski definition) is 1. The maximum absolute atomic E-state index is 12.5. The summed E-state index contributed by atoms with van der Waals surface area (Å²) in [5, 5.41) is 4.71. The van der Waals surface area contributed by atoms with Crippen molar-refractivity contribution in [3.63, 3.8) is 0 Å². The number of amidine groups is 1. The van der Waals surface area contributed by atoms with E-state index >= 15 is 0 Å². The number of amides is 1. The number of aromatic nitrogens is 1. The molecule has 1 aliphatic heterocycles. The molecule has 0 saturated carbocycles. The van der Waals surface area contributed by atoms with Crippen LogP contribution >= 0.6 is 35.0 Å². The largest absolute Gasteiger partial charge is 0.318 e. The van der Waals surface area contributed by atoms with E-state index in [-0.39, 0.29) is 5.91 Å². The van der Waals surface area contributed by atoms with Gasteiger partial charge in [0, 0.05) is 27.1 Å². The van der Waals surface area contributed by atoms with Crippen LogP contribution in [0.5, 0.6) is 0 Å². The van der Waals surface area contributed by atoms with Gasteiger partial charge in [-0.15, -0.1) is 0 Å². The van der Waals surface area contributed by atoms with Gasteiger partial charge in [-0.3, -0.25) is 4.79 Å². The van der Waals surface area contributed by atoms with E-state index in [1.165, 1.54) is 11.8 Å². The predicted molar refractivity (Wildman–Crippen MR) is 127 cm³/mol. The summed E-state index contributed by atoms with van der Waals surface area (Å²) < 4.78 is 2.13. The molecular formula is C23H19Cl2N3OS. The van der Waals surface area contributed by atoms with E-state index in [0.29, 0.717) is 20.1 Å². The van der Waals surface area contributed by atoms with Crippen LogP contribution in [0.15, 0.2) is 58.4 Å². The lowest BCUT2D eigenvalue weighted by Crippen LogP contribution is -2.19. The molecule has 4 rings (SSSR count). The molecular weight excluding hydrogens is 437 g/mol. The van der Waals surface area contributed by atoms with Gasteiger partial charge in [0.25, 0.3) is 5.91 Å². The second-order valence-corrected chi connectivity index (χ2v) is 8.88. The van der Waals surface area contributed by atoms with Gasteiger partial charge in [-0.05, 0) is 86.1 Å². The van der Waals surface area contributed by atoms with E-state index in [1.807, 2.05) is 69.3 Å². The second-order valence-electron chi connectivity index (χ2n) is 7.01. The highest BCUT2D eigenvalue weighted by Gasteiger charge is 2.25. The fourth-order valence-corrected chi connectivity index (χ4v) is 4.57. The van der Waals surface area contributed by atoms with Crippen molar-refractivity contribution in [2.45, 2.75) is 20.8 Å². The van der Waals surface area contributed by atoms with Crippen LogP contribution in [0.4, 0.5) is 5.69 Å². The van der Waals surface area contributed by atoms with Crippen LogP contribution in [0.1, 0.15) is 22.5 Å². The number of hydrogen-bond acceptors (Lipinski definition) is 3. The van der Waals surface area contributed by atoms with Gasteiger partial charge in [0.15, 0.2) is 5.17 Å². The zero-order chi connectivity index (χ0) is 21.4. The van der Waals surface area contributed by atoms with Crippen LogP contribution < -0.4 is 5.32 Å². The number of halogens is 2. The Morgan fingerprint density at radius 3 is 2.60 bits per heavy atom. The molecule has 1 aliphatic rings. The minimum atomic E-state index is -0.161. The number of rotatable bonds is 3. The molecule has 4 nitrogen and oxygen atoms in total. The van der Waals surface area contributed by atoms with E-state index < -0.39 is 0 Å². The van der Waals surface area contributed by atoms with Gasteiger partial charge in [-0.25, -0.2) is 4.99 Å². The highest BCUT2D eigenvalue weighted by atomic mass is 35.5. The third-order valence-corrected chi connectivity index (χ3v) is 6.49. The minimum absolute atomic E-state index is 0.161. The smallest absolute Gasteiger partial charge is 0.264 e. The fraction of sp³-hybridized carbons (Fsp3) is 0.130. The van der Waals surface area contributed by atoms with Crippen LogP contribution in [0, 0.1) is 20.8 Å². The third-order valence-electron chi connectivity index (χ3n) is 4.94. The van der Waals surface area contributed by atoms with Crippen molar-refractivity contribution in [1.82, 2.24) is 9.88 Å².